The Morgan fingerprint density at radius 1 is 1.24 bits per heavy atom. The van der Waals surface area contributed by atoms with Gasteiger partial charge in [-0.2, -0.15) is 5.10 Å². The summed E-state index contributed by atoms with van der Waals surface area (Å²) in [6.07, 6.45) is 0. The molecular weight excluding hydrogens is 280 g/mol. The first-order chi connectivity index (χ1) is 9.88. The molecule has 0 saturated carbocycles. The molecule has 0 spiro atoms. The Kier molecular flexibility index (Phi) is 4.11. The van der Waals surface area contributed by atoms with E-state index in [0.29, 0.717) is 5.69 Å². The lowest BCUT2D eigenvalue weighted by atomic mass is 10.2. The van der Waals surface area contributed by atoms with E-state index >= 15 is 0 Å². The van der Waals surface area contributed by atoms with Crippen LogP contribution in [-0.4, -0.2) is 15.7 Å². The van der Waals surface area contributed by atoms with Crippen LogP contribution in [0.2, 0.25) is 0 Å². The number of anilines is 1. The van der Waals surface area contributed by atoms with Gasteiger partial charge in [0.05, 0.1) is 5.69 Å². The number of nitrogens with zero attached hydrogens (tertiary/aromatic N) is 2. The van der Waals surface area contributed by atoms with Crippen LogP contribution in [0.15, 0.2) is 35.1 Å². The fourth-order valence-corrected chi connectivity index (χ4v) is 1.73. The van der Waals surface area contributed by atoms with Crippen molar-refractivity contribution in [1.29, 1.82) is 0 Å². The summed E-state index contributed by atoms with van der Waals surface area (Å²) in [5, 5.41) is 6.39. The van der Waals surface area contributed by atoms with Gasteiger partial charge in [-0.15, -0.1) is 0 Å². The first kappa shape index (κ1) is 14.8. The number of nitrogens with one attached hydrogen (secondary N) is 1. The molecule has 0 aliphatic rings. The number of aromatic nitrogens is 2. The number of amides is 1. The third-order valence-electron chi connectivity index (χ3n) is 2.89. The van der Waals surface area contributed by atoms with E-state index in [1.807, 2.05) is 0 Å². The van der Waals surface area contributed by atoms with Crippen molar-refractivity contribution in [2.45, 2.75) is 19.9 Å². The molecule has 1 atom stereocenters. The van der Waals surface area contributed by atoms with E-state index in [2.05, 4.69) is 10.4 Å². The lowest BCUT2D eigenvalue weighted by Gasteiger charge is -2.14. The average Bonchev–Trinajstić information content (AvgIpc) is 2.44. The number of carbonyl (C=O) groups excluding carboxylic acids is 1. The molecule has 110 valence electrons. The van der Waals surface area contributed by atoms with Crippen molar-refractivity contribution in [2.24, 2.45) is 0 Å². The second kappa shape index (κ2) is 5.82. The van der Waals surface area contributed by atoms with Crippen molar-refractivity contribution in [2.75, 3.05) is 5.32 Å². The van der Waals surface area contributed by atoms with Gasteiger partial charge in [-0.3, -0.25) is 9.59 Å². The van der Waals surface area contributed by atoms with Gasteiger partial charge >= 0.3 is 0 Å². The predicted octanol–water partition coefficient (Wildman–Crippen LogP) is 2.03. The highest BCUT2D eigenvalue weighted by Gasteiger charge is 2.18. The van der Waals surface area contributed by atoms with Gasteiger partial charge < -0.3 is 5.32 Å². The monoisotopic (exact) mass is 293 g/mol. The van der Waals surface area contributed by atoms with Gasteiger partial charge in [-0.25, -0.2) is 13.5 Å². The topological polar surface area (TPSA) is 64.0 Å². The molecule has 1 aromatic carbocycles. The van der Waals surface area contributed by atoms with Crippen LogP contribution in [0.5, 0.6) is 0 Å². The summed E-state index contributed by atoms with van der Waals surface area (Å²) in [6.45, 7) is 3.18. The molecule has 5 nitrogen and oxygen atoms in total. The minimum atomic E-state index is -1.06. The highest BCUT2D eigenvalue weighted by atomic mass is 19.2. The molecule has 1 unspecified atom stereocenters. The van der Waals surface area contributed by atoms with Gasteiger partial charge in [0.1, 0.15) is 6.04 Å². The summed E-state index contributed by atoms with van der Waals surface area (Å²) in [5.74, 6) is -2.62. The largest absolute Gasteiger partial charge is 0.324 e. The molecule has 1 N–H and O–H groups in total. The number of rotatable bonds is 3. The SMILES string of the molecule is Cc1ccc(=O)n(C(C)C(=O)Nc2ccc(F)c(F)c2)n1. The highest BCUT2D eigenvalue weighted by Crippen LogP contribution is 2.14. The van der Waals surface area contributed by atoms with E-state index in [9.17, 15) is 18.4 Å². The van der Waals surface area contributed by atoms with Crippen molar-refractivity contribution in [1.82, 2.24) is 9.78 Å². The lowest BCUT2D eigenvalue weighted by Crippen LogP contribution is -2.33. The van der Waals surface area contributed by atoms with Crippen molar-refractivity contribution in [3.63, 3.8) is 0 Å². The summed E-state index contributed by atoms with van der Waals surface area (Å²) in [4.78, 5) is 23.7. The molecule has 1 heterocycles. The zero-order valence-electron chi connectivity index (χ0n) is 11.4. The van der Waals surface area contributed by atoms with Gasteiger partial charge in [-0.1, -0.05) is 0 Å². The van der Waals surface area contributed by atoms with Crippen molar-refractivity contribution in [3.05, 3.63) is 58.0 Å². The standard InChI is InChI=1S/C14H13F2N3O2/c1-8-3-6-13(20)19(18-8)9(2)14(21)17-10-4-5-11(15)12(16)7-10/h3-7,9H,1-2H3,(H,17,21). The summed E-state index contributed by atoms with van der Waals surface area (Å²) in [5.41, 5.74) is 0.266. The Balaban J connectivity index is 2.21. The molecule has 0 aliphatic heterocycles. The summed E-state index contributed by atoms with van der Waals surface area (Å²) >= 11 is 0. The van der Waals surface area contributed by atoms with Gasteiger partial charge in [0.25, 0.3) is 5.56 Å². The van der Waals surface area contributed by atoms with Crippen LogP contribution in [0.3, 0.4) is 0 Å². The van der Waals surface area contributed by atoms with Crippen molar-refractivity contribution in [3.8, 4) is 0 Å². The molecule has 1 aromatic heterocycles. The number of carbonyl (C=O) groups is 1. The first-order valence-electron chi connectivity index (χ1n) is 6.21. The molecule has 21 heavy (non-hydrogen) atoms. The maximum absolute atomic E-state index is 13.1. The second-order valence-corrected chi connectivity index (χ2v) is 4.55. The number of aryl methyl sites for hydroxylation is 1. The van der Waals surface area contributed by atoms with Crippen LogP contribution in [0.4, 0.5) is 14.5 Å². The fraction of sp³-hybridized carbons (Fsp3) is 0.214. The Labute approximate surface area is 119 Å². The fourth-order valence-electron chi connectivity index (χ4n) is 1.73. The minimum absolute atomic E-state index is 0.103. The third kappa shape index (κ3) is 3.31. The molecule has 0 fully saturated rings. The molecule has 2 aromatic rings. The molecule has 0 radical (unpaired) electrons. The molecule has 0 bridgehead atoms. The zero-order chi connectivity index (χ0) is 15.6. The van der Waals surface area contributed by atoms with Crippen LogP contribution < -0.4 is 10.9 Å². The third-order valence-corrected chi connectivity index (χ3v) is 2.89. The Hall–Kier alpha value is -2.57. The number of hydrogen-bond donors (Lipinski definition) is 1. The molecule has 1 amide bonds. The lowest BCUT2D eigenvalue weighted by molar-refractivity contribution is -0.119. The van der Waals surface area contributed by atoms with E-state index in [0.717, 1.165) is 16.8 Å². The van der Waals surface area contributed by atoms with Crippen LogP contribution in [0, 0.1) is 18.6 Å². The van der Waals surface area contributed by atoms with E-state index in [1.165, 1.54) is 19.1 Å². The first-order valence-corrected chi connectivity index (χ1v) is 6.21. The van der Waals surface area contributed by atoms with Crippen molar-refractivity contribution < 1.29 is 13.6 Å². The summed E-state index contributed by atoms with van der Waals surface area (Å²) in [7, 11) is 0. The van der Waals surface area contributed by atoms with Crippen LogP contribution >= 0.6 is 0 Å². The van der Waals surface area contributed by atoms with E-state index in [1.54, 1.807) is 13.0 Å². The Morgan fingerprint density at radius 3 is 2.62 bits per heavy atom. The maximum atomic E-state index is 13.1. The summed E-state index contributed by atoms with van der Waals surface area (Å²) < 4.78 is 26.9. The maximum Gasteiger partial charge on any atom is 0.267 e. The zero-order valence-corrected chi connectivity index (χ0v) is 11.4. The van der Waals surface area contributed by atoms with E-state index in [-0.39, 0.29) is 5.69 Å². The molecule has 0 aliphatic carbocycles. The van der Waals surface area contributed by atoms with Gasteiger partial charge in [-0.05, 0) is 32.0 Å². The van der Waals surface area contributed by atoms with Gasteiger partial charge in [0.2, 0.25) is 5.91 Å². The van der Waals surface area contributed by atoms with Gasteiger partial charge in [0.15, 0.2) is 11.6 Å². The number of benzene rings is 1. The predicted molar refractivity (Wildman–Crippen MR) is 72.9 cm³/mol. The molecule has 7 heteroatoms. The van der Waals surface area contributed by atoms with E-state index < -0.39 is 29.1 Å². The average molecular weight is 293 g/mol. The quantitative estimate of drug-likeness (QED) is 0.941. The normalized spacial score (nSPS) is 12.0. The summed E-state index contributed by atoms with van der Waals surface area (Å²) in [6, 6.07) is 4.97. The molecule has 0 saturated heterocycles. The van der Waals surface area contributed by atoms with Crippen molar-refractivity contribution >= 4 is 11.6 Å². The van der Waals surface area contributed by atoms with Crippen LogP contribution in [-0.2, 0) is 4.79 Å². The highest BCUT2D eigenvalue weighted by molar-refractivity contribution is 5.93. The van der Waals surface area contributed by atoms with Gasteiger partial charge in [0, 0.05) is 17.8 Å². The van der Waals surface area contributed by atoms with Crippen LogP contribution in [0.1, 0.15) is 18.7 Å². The smallest absolute Gasteiger partial charge is 0.267 e. The van der Waals surface area contributed by atoms with E-state index in [4.69, 9.17) is 0 Å². The second-order valence-electron chi connectivity index (χ2n) is 4.55. The molecule has 2 rings (SSSR count). The minimum Gasteiger partial charge on any atom is -0.324 e. The Bertz CT molecular complexity index is 743. The number of halogens is 2. The number of hydrogen-bond acceptors (Lipinski definition) is 3. The molecular formula is C14H13F2N3O2. The van der Waals surface area contributed by atoms with Crippen LogP contribution in [0.25, 0.3) is 0 Å². The Morgan fingerprint density at radius 2 is 1.95 bits per heavy atom.